The summed E-state index contributed by atoms with van der Waals surface area (Å²) in [5.41, 5.74) is 1.68. The largest absolute Gasteiger partial charge is 0.369 e. The van der Waals surface area contributed by atoms with Crippen LogP contribution < -0.4 is 5.32 Å². The average Bonchev–Trinajstić information content (AvgIpc) is 3.12. The third kappa shape index (κ3) is 3.65. The van der Waals surface area contributed by atoms with Crippen molar-refractivity contribution < 1.29 is 14.3 Å². The molecule has 8 nitrogen and oxygen atoms in total. The van der Waals surface area contributed by atoms with Gasteiger partial charge in [0.25, 0.3) is 0 Å². The molecule has 3 heterocycles. The van der Waals surface area contributed by atoms with Gasteiger partial charge in [0.15, 0.2) is 11.5 Å². The van der Waals surface area contributed by atoms with Gasteiger partial charge in [-0.25, -0.2) is 0 Å². The van der Waals surface area contributed by atoms with E-state index in [0.29, 0.717) is 18.0 Å². The highest BCUT2D eigenvalue weighted by molar-refractivity contribution is 5.89. The molecule has 2 amide bonds. The van der Waals surface area contributed by atoms with Crippen LogP contribution in [0.1, 0.15) is 11.4 Å². The average molecular weight is 365 g/mol. The molecule has 1 atom stereocenters. The van der Waals surface area contributed by atoms with E-state index in [1.807, 2.05) is 59.1 Å². The Hall–Kier alpha value is -3.26. The quantitative estimate of drug-likeness (QED) is 0.722. The second-order valence-electron chi connectivity index (χ2n) is 6.30. The molecule has 1 saturated heterocycles. The Balaban J connectivity index is 1.46. The minimum absolute atomic E-state index is 0.00850. The molecule has 2 aromatic heterocycles. The van der Waals surface area contributed by atoms with E-state index < -0.39 is 6.04 Å². The van der Waals surface area contributed by atoms with E-state index >= 15 is 0 Å². The molecule has 4 rings (SSSR count). The first-order chi connectivity index (χ1) is 13.2. The third-order valence-corrected chi connectivity index (χ3v) is 4.50. The van der Waals surface area contributed by atoms with Crippen molar-refractivity contribution in [3.05, 3.63) is 66.1 Å². The van der Waals surface area contributed by atoms with Crippen molar-refractivity contribution in [2.24, 2.45) is 0 Å². The second kappa shape index (κ2) is 7.55. The van der Waals surface area contributed by atoms with Crippen LogP contribution in [0.25, 0.3) is 5.65 Å². The summed E-state index contributed by atoms with van der Waals surface area (Å²) >= 11 is 0. The zero-order chi connectivity index (χ0) is 18.6. The summed E-state index contributed by atoms with van der Waals surface area (Å²) in [4.78, 5) is 26.6. The van der Waals surface area contributed by atoms with Gasteiger partial charge in [0.05, 0.1) is 13.2 Å². The van der Waals surface area contributed by atoms with Crippen molar-refractivity contribution in [2.45, 2.75) is 19.1 Å². The Labute approximate surface area is 155 Å². The van der Waals surface area contributed by atoms with Crippen LogP contribution in [0.3, 0.4) is 0 Å². The highest BCUT2D eigenvalue weighted by atomic mass is 16.5. The number of nitrogens with one attached hydrogen (secondary N) is 1. The number of benzene rings is 1. The Bertz CT molecular complexity index is 956. The predicted octanol–water partition coefficient (Wildman–Crippen LogP) is 0.773. The first-order valence-electron chi connectivity index (χ1n) is 8.70. The first-order valence-corrected chi connectivity index (χ1v) is 8.70. The van der Waals surface area contributed by atoms with E-state index in [1.165, 1.54) is 0 Å². The zero-order valence-electron chi connectivity index (χ0n) is 14.6. The van der Waals surface area contributed by atoms with Crippen LogP contribution in [-0.2, 0) is 27.4 Å². The van der Waals surface area contributed by atoms with Gasteiger partial charge in [-0.05, 0) is 17.7 Å². The van der Waals surface area contributed by atoms with Crippen molar-refractivity contribution in [2.75, 3.05) is 13.2 Å². The third-order valence-electron chi connectivity index (χ3n) is 4.50. The molecule has 0 bridgehead atoms. The fraction of sp³-hybridized carbons (Fsp3) is 0.263. The van der Waals surface area contributed by atoms with Gasteiger partial charge in [0.2, 0.25) is 11.8 Å². The maximum absolute atomic E-state index is 12.7. The molecule has 1 aromatic carbocycles. The molecule has 1 N–H and O–H groups in total. The summed E-state index contributed by atoms with van der Waals surface area (Å²) in [5, 5.41) is 11.0. The number of carbonyl (C=O) groups excluding carboxylic acids is 2. The number of hydrogen-bond donors (Lipinski definition) is 1. The highest BCUT2D eigenvalue weighted by Crippen LogP contribution is 2.14. The van der Waals surface area contributed by atoms with Crippen LogP contribution in [-0.4, -0.2) is 50.6 Å². The maximum Gasteiger partial charge on any atom is 0.249 e. The molecule has 1 aliphatic rings. The van der Waals surface area contributed by atoms with Crippen LogP contribution in [0.5, 0.6) is 0 Å². The molecule has 1 aliphatic heterocycles. The molecule has 0 saturated carbocycles. The molecule has 8 heteroatoms. The predicted molar refractivity (Wildman–Crippen MR) is 96.4 cm³/mol. The number of rotatable bonds is 5. The normalized spacial score (nSPS) is 17.3. The molecule has 1 fully saturated rings. The molecular formula is C19H19N5O3. The number of fused-ring (bicyclic) bond motifs is 1. The Morgan fingerprint density at radius 3 is 2.81 bits per heavy atom. The first kappa shape index (κ1) is 17.2. The van der Waals surface area contributed by atoms with E-state index in [4.69, 9.17) is 4.74 Å². The minimum Gasteiger partial charge on any atom is -0.369 e. The number of pyridine rings is 1. The molecule has 138 valence electrons. The topological polar surface area (TPSA) is 88.8 Å². The van der Waals surface area contributed by atoms with Crippen LogP contribution in [0, 0.1) is 0 Å². The number of aromatic nitrogens is 3. The van der Waals surface area contributed by atoms with Crippen molar-refractivity contribution in [1.29, 1.82) is 0 Å². The fourth-order valence-electron chi connectivity index (χ4n) is 3.10. The van der Waals surface area contributed by atoms with Gasteiger partial charge in [-0.2, -0.15) is 0 Å². The summed E-state index contributed by atoms with van der Waals surface area (Å²) in [5.74, 6) is 0.154. The minimum atomic E-state index is -0.675. The molecule has 0 aliphatic carbocycles. The summed E-state index contributed by atoms with van der Waals surface area (Å²) < 4.78 is 7.12. The lowest BCUT2D eigenvalue weighted by molar-refractivity contribution is -0.155. The summed E-state index contributed by atoms with van der Waals surface area (Å²) in [6.45, 7) is 0.749. The molecule has 0 radical (unpaired) electrons. The van der Waals surface area contributed by atoms with Gasteiger partial charge in [-0.3, -0.25) is 14.0 Å². The monoisotopic (exact) mass is 365 g/mol. The van der Waals surface area contributed by atoms with Gasteiger partial charge in [0, 0.05) is 12.7 Å². The van der Waals surface area contributed by atoms with Crippen molar-refractivity contribution >= 4 is 17.5 Å². The second-order valence-corrected chi connectivity index (χ2v) is 6.30. The fourth-order valence-corrected chi connectivity index (χ4v) is 3.10. The summed E-state index contributed by atoms with van der Waals surface area (Å²) in [6, 6.07) is 14.5. The lowest BCUT2D eigenvalue weighted by Gasteiger charge is -2.34. The molecule has 0 spiro atoms. The van der Waals surface area contributed by atoms with Gasteiger partial charge in [0.1, 0.15) is 12.6 Å². The van der Waals surface area contributed by atoms with Crippen LogP contribution in [0.15, 0.2) is 54.7 Å². The molecule has 0 unspecified atom stereocenters. The van der Waals surface area contributed by atoms with Crippen molar-refractivity contribution in [3.63, 3.8) is 0 Å². The van der Waals surface area contributed by atoms with Gasteiger partial charge in [-0.15, -0.1) is 10.2 Å². The zero-order valence-corrected chi connectivity index (χ0v) is 14.6. The van der Waals surface area contributed by atoms with Gasteiger partial charge >= 0.3 is 0 Å². The van der Waals surface area contributed by atoms with Gasteiger partial charge < -0.3 is 15.0 Å². The van der Waals surface area contributed by atoms with Crippen molar-refractivity contribution in [1.82, 2.24) is 24.8 Å². The number of nitrogens with zero attached hydrogens (tertiary/aromatic N) is 4. The number of morpholine rings is 1. The number of amides is 2. The van der Waals surface area contributed by atoms with Gasteiger partial charge in [-0.1, -0.05) is 36.4 Å². The molecule has 3 aromatic rings. The lowest BCUT2D eigenvalue weighted by atomic mass is 10.1. The van der Waals surface area contributed by atoms with Crippen molar-refractivity contribution in [3.8, 4) is 0 Å². The Morgan fingerprint density at radius 2 is 1.96 bits per heavy atom. The summed E-state index contributed by atoms with van der Waals surface area (Å²) in [6.07, 6.45) is 1.84. The van der Waals surface area contributed by atoms with E-state index in [2.05, 4.69) is 15.5 Å². The molecule has 27 heavy (non-hydrogen) atoms. The smallest absolute Gasteiger partial charge is 0.249 e. The van der Waals surface area contributed by atoms with E-state index in [-0.39, 0.29) is 31.6 Å². The number of ether oxygens (including phenoxy) is 1. The maximum atomic E-state index is 12.7. The molecular weight excluding hydrogens is 346 g/mol. The van der Waals surface area contributed by atoms with E-state index in [9.17, 15) is 9.59 Å². The summed E-state index contributed by atoms with van der Waals surface area (Å²) in [7, 11) is 0. The Kier molecular flexibility index (Phi) is 4.80. The van der Waals surface area contributed by atoms with Crippen LogP contribution in [0.2, 0.25) is 0 Å². The number of carbonyl (C=O) groups is 2. The highest BCUT2D eigenvalue weighted by Gasteiger charge is 2.34. The van der Waals surface area contributed by atoms with E-state index in [0.717, 1.165) is 5.56 Å². The van der Waals surface area contributed by atoms with Crippen LogP contribution in [0.4, 0.5) is 0 Å². The number of hydrogen-bond acceptors (Lipinski definition) is 5. The van der Waals surface area contributed by atoms with Crippen LogP contribution >= 0.6 is 0 Å². The SMILES string of the molecule is O=C(NCc1nnc2ccccn12)[C@H]1COCC(=O)N1Cc1ccccc1. The standard InChI is InChI=1S/C19H19N5O3/c25-18-13-27-12-15(24(18)11-14-6-2-1-3-7-14)19(26)20-10-17-22-21-16-8-4-5-9-23(16)17/h1-9,15H,10-13H2,(H,20,26)/t15-/m1/s1. The van der Waals surface area contributed by atoms with E-state index in [1.54, 1.807) is 4.90 Å². The lowest BCUT2D eigenvalue weighted by Crippen LogP contribution is -2.55. The Morgan fingerprint density at radius 1 is 1.15 bits per heavy atom.